The summed E-state index contributed by atoms with van der Waals surface area (Å²) in [4.78, 5) is 2.65. The lowest BCUT2D eigenvalue weighted by atomic mass is 9.53. The summed E-state index contributed by atoms with van der Waals surface area (Å²) in [5.74, 6) is 0.827. The molecule has 1 aliphatic heterocycles. The van der Waals surface area contributed by atoms with Gasteiger partial charge in [0, 0.05) is 19.6 Å². The molecule has 0 aromatic carbocycles. The van der Waals surface area contributed by atoms with Crippen LogP contribution in [-0.2, 0) is 4.74 Å². The molecule has 0 aromatic rings. The van der Waals surface area contributed by atoms with E-state index in [1.807, 2.05) is 0 Å². The van der Waals surface area contributed by atoms with E-state index in [0.717, 1.165) is 32.2 Å². The minimum absolute atomic E-state index is 0.361. The first-order valence-corrected chi connectivity index (χ1v) is 8.01. The molecule has 0 N–H and O–H groups in total. The highest BCUT2D eigenvalue weighted by Gasteiger charge is 2.58. The van der Waals surface area contributed by atoms with Crippen LogP contribution < -0.4 is 0 Å². The van der Waals surface area contributed by atoms with Gasteiger partial charge in [-0.2, -0.15) is 0 Å². The predicted octanol–water partition coefficient (Wildman–Crippen LogP) is 3.81. The van der Waals surface area contributed by atoms with E-state index in [2.05, 4.69) is 46.4 Å². The summed E-state index contributed by atoms with van der Waals surface area (Å²) in [5.41, 5.74) is 1.21. The summed E-state index contributed by atoms with van der Waals surface area (Å²) in [5, 5.41) is 0. The van der Waals surface area contributed by atoms with Gasteiger partial charge in [-0.3, -0.25) is 4.90 Å². The number of morpholine rings is 1. The lowest BCUT2D eigenvalue weighted by molar-refractivity contribution is -0.0761. The van der Waals surface area contributed by atoms with Crippen LogP contribution in [0.4, 0.5) is 0 Å². The maximum Gasteiger partial charge on any atom is 0.0594 e. The second kappa shape index (κ2) is 5.04. The molecule has 2 aliphatic rings. The highest BCUT2D eigenvalue weighted by atomic mass is 16.5. The molecule has 1 unspecified atom stereocenters. The Hall–Kier alpha value is -0.0800. The van der Waals surface area contributed by atoms with Gasteiger partial charge in [0.25, 0.3) is 0 Å². The monoisotopic (exact) mass is 267 g/mol. The number of nitrogens with zero attached hydrogens (tertiary/aromatic N) is 1. The van der Waals surface area contributed by atoms with Crippen LogP contribution in [0.3, 0.4) is 0 Å². The summed E-state index contributed by atoms with van der Waals surface area (Å²) < 4.78 is 5.51. The third kappa shape index (κ3) is 2.47. The van der Waals surface area contributed by atoms with Gasteiger partial charge in [-0.05, 0) is 35.0 Å². The lowest BCUT2D eigenvalue weighted by Gasteiger charge is -2.55. The van der Waals surface area contributed by atoms with Gasteiger partial charge >= 0.3 is 0 Å². The van der Waals surface area contributed by atoms with Crippen LogP contribution in [0.15, 0.2) is 0 Å². The minimum atomic E-state index is 0.361. The molecule has 0 aromatic heterocycles. The molecular weight excluding hydrogens is 234 g/mol. The lowest BCUT2D eigenvalue weighted by Crippen LogP contribution is -2.54. The molecule has 2 rings (SSSR count). The van der Waals surface area contributed by atoms with Gasteiger partial charge in [0.1, 0.15) is 0 Å². The number of hydrogen-bond acceptors (Lipinski definition) is 2. The van der Waals surface area contributed by atoms with Crippen LogP contribution in [0.2, 0.25) is 0 Å². The van der Waals surface area contributed by atoms with Crippen molar-refractivity contribution in [3.63, 3.8) is 0 Å². The summed E-state index contributed by atoms with van der Waals surface area (Å²) in [6, 6.07) is 0. The normalized spacial score (nSPS) is 36.6. The first-order valence-electron chi connectivity index (χ1n) is 8.01. The standard InChI is InChI=1S/C17H33NO/c1-14-7-8-17(15(2,3)4,16(14,5)6)13-18-9-11-19-12-10-18/h14H,7-13H2,1-6H3/t14?,17-/m0/s1. The Bertz CT molecular complexity index is 312. The third-order valence-corrected chi connectivity index (χ3v) is 6.50. The largest absolute Gasteiger partial charge is 0.379 e. The maximum atomic E-state index is 5.51. The van der Waals surface area contributed by atoms with E-state index in [0.29, 0.717) is 16.2 Å². The molecule has 1 saturated heterocycles. The van der Waals surface area contributed by atoms with Gasteiger partial charge in [-0.15, -0.1) is 0 Å². The highest BCUT2D eigenvalue weighted by molar-refractivity contribution is 5.08. The van der Waals surface area contributed by atoms with Crippen molar-refractivity contribution in [2.24, 2.45) is 22.2 Å². The van der Waals surface area contributed by atoms with Gasteiger partial charge in [-0.1, -0.05) is 41.5 Å². The van der Waals surface area contributed by atoms with Crippen molar-refractivity contribution in [3.8, 4) is 0 Å². The minimum Gasteiger partial charge on any atom is -0.379 e. The van der Waals surface area contributed by atoms with Crippen molar-refractivity contribution < 1.29 is 4.74 Å². The van der Waals surface area contributed by atoms with Gasteiger partial charge in [-0.25, -0.2) is 0 Å². The van der Waals surface area contributed by atoms with Gasteiger partial charge < -0.3 is 4.74 Å². The van der Waals surface area contributed by atoms with Crippen molar-refractivity contribution in [3.05, 3.63) is 0 Å². The molecule has 0 bridgehead atoms. The fraction of sp³-hybridized carbons (Fsp3) is 1.00. The van der Waals surface area contributed by atoms with Gasteiger partial charge in [0.15, 0.2) is 0 Å². The number of hydrogen-bond donors (Lipinski definition) is 0. The second-order valence-electron chi connectivity index (χ2n) is 8.38. The molecule has 1 saturated carbocycles. The van der Waals surface area contributed by atoms with E-state index in [4.69, 9.17) is 4.74 Å². The SMILES string of the molecule is CC1CC[C@](CN2CCOCC2)(C(C)(C)C)C1(C)C. The van der Waals surface area contributed by atoms with Crippen molar-refractivity contribution in [2.75, 3.05) is 32.8 Å². The molecule has 0 radical (unpaired) electrons. The second-order valence-corrected chi connectivity index (χ2v) is 8.38. The maximum absolute atomic E-state index is 5.51. The summed E-state index contributed by atoms with van der Waals surface area (Å²) in [7, 11) is 0. The quantitative estimate of drug-likeness (QED) is 0.754. The Morgan fingerprint density at radius 3 is 2.16 bits per heavy atom. The van der Waals surface area contributed by atoms with Crippen LogP contribution in [0, 0.1) is 22.2 Å². The average Bonchev–Trinajstić information content (AvgIpc) is 2.54. The van der Waals surface area contributed by atoms with Crippen molar-refractivity contribution >= 4 is 0 Å². The van der Waals surface area contributed by atoms with Crippen LogP contribution in [0.1, 0.15) is 54.4 Å². The molecule has 19 heavy (non-hydrogen) atoms. The predicted molar refractivity (Wildman–Crippen MR) is 81.3 cm³/mol. The van der Waals surface area contributed by atoms with Gasteiger partial charge in [0.05, 0.1) is 13.2 Å². The topological polar surface area (TPSA) is 12.5 Å². The highest BCUT2D eigenvalue weighted by Crippen LogP contribution is 2.63. The number of rotatable bonds is 2. The van der Waals surface area contributed by atoms with Crippen LogP contribution in [-0.4, -0.2) is 37.7 Å². The third-order valence-electron chi connectivity index (χ3n) is 6.50. The van der Waals surface area contributed by atoms with E-state index in [-0.39, 0.29) is 0 Å². The average molecular weight is 267 g/mol. The van der Waals surface area contributed by atoms with E-state index in [9.17, 15) is 0 Å². The molecule has 2 atom stereocenters. The van der Waals surface area contributed by atoms with Crippen molar-refractivity contribution in [2.45, 2.75) is 54.4 Å². The molecule has 112 valence electrons. The molecular formula is C17H33NO. The van der Waals surface area contributed by atoms with Crippen LogP contribution in [0.25, 0.3) is 0 Å². The summed E-state index contributed by atoms with van der Waals surface area (Å²) >= 11 is 0. The van der Waals surface area contributed by atoms with Crippen LogP contribution in [0.5, 0.6) is 0 Å². The van der Waals surface area contributed by atoms with Crippen molar-refractivity contribution in [1.82, 2.24) is 4.90 Å². The molecule has 2 fully saturated rings. The first-order chi connectivity index (χ1) is 8.71. The molecule has 2 heteroatoms. The zero-order valence-corrected chi connectivity index (χ0v) is 13.9. The Morgan fingerprint density at radius 1 is 1.16 bits per heavy atom. The molecule has 2 nitrogen and oxygen atoms in total. The van der Waals surface area contributed by atoms with E-state index < -0.39 is 0 Å². The smallest absolute Gasteiger partial charge is 0.0594 e. The molecule has 0 spiro atoms. The summed E-state index contributed by atoms with van der Waals surface area (Å²) in [6.45, 7) is 20.1. The number of ether oxygens (including phenoxy) is 1. The fourth-order valence-electron chi connectivity index (χ4n) is 4.62. The van der Waals surface area contributed by atoms with Crippen molar-refractivity contribution in [1.29, 1.82) is 0 Å². The Morgan fingerprint density at radius 2 is 1.74 bits per heavy atom. The Kier molecular flexibility index (Phi) is 4.06. The first kappa shape index (κ1) is 15.3. The fourth-order valence-corrected chi connectivity index (χ4v) is 4.62. The summed E-state index contributed by atoms with van der Waals surface area (Å²) in [6.07, 6.45) is 2.76. The van der Waals surface area contributed by atoms with Crippen LogP contribution >= 0.6 is 0 Å². The molecule has 1 aliphatic carbocycles. The zero-order chi connectivity index (χ0) is 14.3. The van der Waals surface area contributed by atoms with E-state index in [1.54, 1.807) is 0 Å². The Labute approximate surface area is 119 Å². The van der Waals surface area contributed by atoms with E-state index >= 15 is 0 Å². The molecule has 1 heterocycles. The zero-order valence-electron chi connectivity index (χ0n) is 13.9. The van der Waals surface area contributed by atoms with E-state index in [1.165, 1.54) is 19.4 Å². The van der Waals surface area contributed by atoms with Gasteiger partial charge in [0.2, 0.25) is 0 Å². The molecule has 0 amide bonds. The Balaban J connectivity index is 2.26.